The summed E-state index contributed by atoms with van der Waals surface area (Å²) in [4.78, 5) is 11.1. The molecule has 1 aliphatic heterocycles. The van der Waals surface area contributed by atoms with Gasteiger partial charge in [-0.2, -0.15) is 0 Å². The maximum absolute atomic E-state index is 11.5. The monoisotopic (exact) mass is 282 g/mol. The lowest BCUT2D eigenvalue weighted by Crippen LogP contribution is -2.40. The third-order valence-corrected chi connectivity index (χ3v) is 5.21. The lowest BCUT2D eigenvalue weighted by molar-refractivity contribution is 0.586. The summed E-state index contributed by atoms with van der Waals surface area (Å²) in [5.41, 5.74) is 0. The van der Waals surface area contributed by atoms with Crippen molar-refractivity contribution in [2.45, 2.75) is 18.8 Å². The van der Waals surface area contributed by atoms with E-state index in [0.29, 0.717) is 19.0 Å². The van der Waals surface area contributed by atoms with Crippen LogP contribution in [0.2, 0.25) is 0 Å². The standard InChI is InChI=1S/C12H18N4O2S/c1-13-10-8-11(15-12(14-10)9-2-3-9)16-4-6-19(17,18)7-5-16/h8-9H,2-7H2,1H3,(H,13,14,15). The Morgan fingerprint density at radius 1 is 1.26 bits per heavy atom. The number of aromatic nitrogens is 2. The molecule has 2 aliphatic rings. The fraction of sp³-hybridized carbons (Fsp3) is 0.667. The second-order valence-corrected chi connectivity index (χ2v) is 7.44. The van der Waals surface area contributed by atoms with Gasteiger partial charge in [-0.15, -0.1) is 0 Å². The Labute approximate surface area is 113 Å². The first kappa shape index (κ1) is 12.7. The first-order valence-electron chi connectivity index (χ1n) is 6.59. The molecule has 19 heavy (non-hydrogen) atoms. The average molecular weight is 282 g/mol. The van der Waals surface area contributed by atoms with Crippen molar-refractivity contribution in [3.8, 4) is 0 Å². The van der Waals surface area contributed by atoms with Crippen molar-refractivity contribution in [3.63, 3.8) is 0 Å². The number of rotatable bonds is 3. The van der Waals surface area contributed by atoms with Crippen LogP contribution in [0.25, 0.3) is 0 Å². The van der Waals surface area contributed by atoms with Gasteiger partial charge in [-0.3, -0.25) is 0 Å². The molecule has 6 nitrogen and oxygen atoms in total. The van der Waals surface area contributed by atoms with E-state index in [1.54, 1.807) is 0 Å². The number of sulfone groups is 1. The second-order valence-electron chi connectivity index (χ2n) is 5.13. The molecule has 1 N–H and O–H groups in total. The van der Waals surface area contributed by atoms with E-state index in [4.69, 9.17) is 0 Å². The molecule has 0 unspecified atom stereocenters. The van der Waals surface area contributed by atoms with Crippen LogP contribution in [0.5, 0.6) is 0 Å². The minimum absolute atomic E-state index is 0.213. The zero-order chi connectivity index (χ0) is 13.5. The molecule has 2 heterocycles. The predicted molar refractivity (Wildman–Crippen MR) is 74.4 cm³/mol. The maximum atomic E-state index is 11.5. The quantitative estimate of drug-likeness (QED) is 0.876. The van der Waals surface area contributed by atoms with Crippen molar-refractivity contribution >= 4 is 21.5 Å². The molecule has 0 amide bonds. The van der Waals surface area contributed by atoms with E-state index in [-0.39, 0.29) is 11.5 Å². The van der Waals surface area contributed by atoms with E-state index in [9.17, 15) is 8.42 Å². The SMILES string of the molecule is CNc1cc(N2CCS(=O)(=O)CC2)nc(C2CC2)n1. The van der Waals surface area contributed by atoms with Gasteiger partial charge in [0.25, 0.3) is 0 Å². The van der Waals surface area contributed by atoms with Gasteiger partial charge in [0.05, 0.1) is 11.5 Å². The van der Waals surface area contributed by atoms with Crippen LogP contribution in [0.3, 0.4) is 0 Å². The second kappa shape index (κ2) is 4.63. The van der Waals surface area contributed by atoms with Crippen LogP contribution >= 0.6 is 0 Å². The maximum Gasteiger partial charge on any atom is 0.153 e. The molecule has 0 bridgehead atoms. The Bertz CT molecular complexity index is 569. The highest BCUT2D eigenvalue weighted by Crippen LogP contribution is 2.39. The molecule has 1 aromatic rings. The Kier molecular flexibility index (Phi) is 3.08. The van der Waals surface area contributed by atoms with Gasteiger partial charge in [0.2, 0.25) is 0 Å². The zero-order valence-electron chi connectivity index (χ0n) is 11.0. The first-order valence-corrected chi connectivity index (χ1v) is 8.42. The molecule has 3 rings (SSSR count). The lowest BCUT2D eigenvalue weighted by atomic mass is 10.3. The number of nitrogens with zero attached hydrogens (tertiary/aromatic N) is 3. The van der Waals surface area contributed by atoms with Crippen LogP contribution in [-0.2, 0) is 9.84 Å². The summed E-state index contributed by atoms with van der Waals surface area (Å²) >= 11 is 0. The van der Waals surface area contributed by atoms with Gasteiger partial charge < -0.3 is 10.2 Å². The van der Waals surface area contributed by atoms with Crippen molar-refractivity contribution < 1.29 is 8.42 Å². The molecule has 1 aliphatic carbocycles. The summed E-state index contributed by atoms with van der Waals surface area (Å²) in [7, 11) is -1.02. The number of hydrogen-bond acceptors (Lipinski definition) is 6. The van der Waals surface area contributed by atoms with Crippen LogP contribution < -0.4 is 10.2 Å². The molecule has 0 spiro atoms. The van der Waals surface area contributed by atoms with Gasteiger partial charge in [-0.1, -0.05) is 0 Å². The Hall–Kier alpha value is -1.37. The minimum Gasteiger partial charge on any atom is -0.373 e. The van der Waals surface area contributed by atoms with Crippen LogP contribution in [-0.4, -0.2) is 50.0 Å². The average Bonchev–Trinajstić information content (AvgIpc) is 3.22. The van der Waals surface area contributed by atoms with Crippen molar-refractivity contribution in [1.82, 2.24) is 9.97 Å². The van der Waals surface area contributed by atoms with Gasteiger partial charge in [-0.25, -0.2) is 18.4 Å². The third kappa shape index (κ3) is 2.80. The van der Waals surface area contributed by atoms with E-state index in [2.05, 4.69) is 15.3 Å². The van der Waals surface area contributed by atoms with E-state index >= 15 is 0 Å². The molecular weight excluding hydrogens is 264 g/mol. The normalized spacial score (nSPS) is 22.3. The highest BCUT2D eigenvalue weighted by Gasteiger charge is 2.29. The smallest absolute Gasteiger partial charge is 0.153 e. The van der Waals surface area contributed by atoms with E-state index in [1.165, 1.54) is 0 Å². The third-order valence-electron chi connectivity index (χ3n) is 3.60. The Morgan fingerprint density at radius 3 is 2.53 bits per heavy atom. The summed E-state index contributed by atoms with van der Waals surface area (Å²) in [5, 5.41) is 3.05. The van der Waals surface area contributed by atoms with Crippen LogP contribution in [0, 0.1) is 0 Å². The molecule has 1 aromatic heterocycles. The van der Waals surface area contributed by atoms with Crippen LogP contribution in [0.15, 0.2) is 6.07 Å². The molecule has 0 aromatic carbocycles. The van der Waals surface area contributed by atoms with Crippen molar-refractivity contribution in [3.05, 3.63) is 11.9 Å². The zero-order valence-corrected chi connectivity index (χ0v) is 11.8. The molecule has 0 radical (unpaired) electrons. The number of nitrogens with one attached hydrogen (secondary N) is 1. The van der Waals surface area contributed by atoms with Gasteiger partial charge in [0.1, 0.15) is 17.5 Å². The van der Waals surface area contributed by atoms with Gasteiger partial charge in [0, 0.05) is 32.1 Å². The van der Waals surface area contributed by atoms with Crippen LogP contribution in [0.1, 0.15) is 24.6 Å². The molecule has 0 atom stereocenters. The Balaban J connectivity index is 1.85. The van der Waals surface area contributed by atoms with Gasteiger partial charge in [-0.05, 0) is 12.8 Å². The first-order chi connectivity index (χ1) is 9.07. The summed E-state index contributed by atoms with van der Waals surface area (Å²) in [6.07, 6.45) is 2.31. The predicted octanol–water partition coefficient (Wildman–Crippen LogP) is 0.630. The molecule has 7 heteroatoms. The fourth-order valence-corrected chi connectivity index (χ4v) is 3.41. The van der Waals surface area contributed by atoms with E-state index < -0.39 is 9.84 Å². The van der Waals surface area contributed by atoms with Crippen molar-refractivity contribution in [2.24, 2.45) is 0 Å². The number of anilines is 2. The summed E-state index contributed by atoms with van der Waals surface area (Å²) in [6, 6.07) is 1.89. The minimum atomic E-state index is -2.85. The van der Waals surface area contributed by atoms with Crippen molar-refractivity contribution in [1.29, 1.82) is 0 Å². The van der Waals surface area contributed by atoms with Crippen LogP contribution in [0.4, 0.5) is 11.6 Å². The molecule has 1 saturated heterocycles. The molecule has 1 saturated carbocycles. The summed E-state index contributed by atoms with van der Waals surface area (Å²) in [6.45, 7) is 1.04. The topological polar surface area (TPSA) is 75.2 Å². The van der Waals surface area contributed by atoms with Gasteiger partial charge >= 0.3 is 0 Å². The highest BCUT2D eigenvalue weighted by molar-refractivity contribution is 7.91. The van der Waals surface area contributed by atoms with E-state index in [0.717, 1.165) is 30.3 Å². The highest BCUT2D eigenvalue weighted by atomic mass is 32.2. The Morgan fingerprint density at radius 2 is 1.95 bits per heavy atom. The summed E-state index contributed by atoms with van der Waals surface area (Å²) in [5.74, 6) is 3.45. The summed E-state index contributed by atoms with van der Waals surface area (Å²) < 4.78 is 22.9. The largest absolute Gasteiger partial charge is 0.373 e. The molecular formula is C12H18N4O2S. The van der Waals surface area contributed by atoms with Crippen molar-refractivity contribution in [2.75, 3.05) is 41.9 Å². The molecule has 2 fully saturated rings. The van der Waals surface area contributed by atoms with E-state index in [1.807, 2.05) is 18.0 Å². The molecule has 104 valence electrons. The lowest BCUT2D eigenvalue weighted by Gasteiger charge is -2.28. The number of hydrogen-bond donors (Lipinski definition) is 1. The fourth-order valence-electron chi connectivity index (χ4n) is 2.21. The van der Waals surface area contributed by atoms with Gasteiger partial charge in [0.15, 0.2) is 9.84 Å².